The fraction of sp³-hybridized carbons (Fsp3) is 0.176. The van der Waals surface area contributed by atoms with Crippen molar-refractivity contribution in [2.24, 2.45) is 0 Å². The molecule has 2 aromatic carbocycles. The van der Waals surface area contributed by atoms with E-state index in [2.05, 4.69) is 5.32 Å². The quantitative estimate of drug-likeness (QED) is 0.459. The highest BCUT2D eigenvalue weighted by atomic mass is 16.5. The van der Waals surface area contributed by atoms with Crippen molar-refractivity contribution in [3.8, 4) is 0 Å². The Morgan fingerprint density at radius 1 is 1.00 bits per heavy atom. The maximum Gasteiger partial charge on any atom is 0.335 e. The summed E-state index contributed by atoms with van der Waals surface area (Å²) in [5, 5.41) is 20.9. The number of carboxylic acids is 1. The highest BCUT2D eigenvalue weighted by Crippen LogP contribution is 2.08. The van der Waals surface area contributed by atoms with E-state index in [1.54, 1.807) is 23.7 Å². The first-order valence-corrected chi connectivity index (χ1v) is 7.13. The van der Waals surface area contributed by atoms with Crippen molar-refractivity contribution in [1.29, 1.82) is 0 Å². The molecule has 6 heteroatoms. The number of carboxylic acid groups (broad SMARTS) is 1. The summed E-state index contributed by atoms with van der Waals surface area (Å²) in [6.45, 7) is 0.312. The minimum atomic E-state index is -0.999. The molecule has 0 aromatic heterocycles. The van der Waals surface area contributed by atoms with Gasteiger partial charge in [-0.05, 0) is 29.7 Å². The molecule has 0 radical (unpaired) electrons. The maximum atomic E-state index is 11.8. The fourth-order valence-electron chi connectivity index (χ4n) is 2.24. The van der Waals surface area contributed by atoms with Crippen LogP contribution in [-0.4, -0.2) is 28.2 Å². The first kappa shape index (κ1) is 16.7. The minimum absolute atomic E-state index is 0.190. The molecule has 2 aromatic rings. The second-order valence-electron chi connectivity index (χ2n) is 5.10. The second kappa shape index (κ2) is 8.07. The van der Waals surface area contributed by atoms with Crippen molar-refractivity contribution in [2.45, 2.75) is 19.0 Å². The van der Waals surface area contributed by atoms with Gasteiger partial charge in [-0.25, -0.2) is 10.3 Å². The Labute approximate surface area is 133 Å². The summed E-state index contributed by atoms with van der Waals surface area (Å²) in [4.78, 5) is 22.8. The van der Waals surface area contributed by atoms with E-state index in [4.69, 9.17) is 10.3 Å². The van der Waals surface area contributed by atoms with Crippen LogP contribution in [0.5, 0.6) is 0 Å². The van der Waals surface area contributed by atoms with E-state index in [1.807, 2.05) is 30.3 Å². The lowest BCUT2D eigenvalue weighted by atomic mass is 10.0. The van der Waals surface area contributed by atoms with Crippen LogP contribution in [-0.2, 0) is 17.8 Å². The molecule has 4 N–H and O–H groups in total. The zero-order valence-electron chi connectivity index (χ0n) is 12.4. The normalized spacial score (nSPS) is 11.7. The van der Waals surface area contributed by atoms with Crippen LogP contribution in [0.4, 0.5) is 0 Å². The van der Waals surface area contributed by atoms with Crippen LogP contribution in [0.15, 0.2) is 54.6 Å². The van der Waals surface area contributed by atoms with Crippen molar-refractivity contribution >= 4 is 11.9 Å². The molecule has 0 bridgehead atoms. The molecule has 0 fully saturated rings. The molecule has 0 saturated heterocycles. The molecule has 120 valence electrons. The summed E-state index contributed by atoms with van der Waals surface area (Å²) in [6.07, 6.45) is 0.409. The molecule has 1 amide bonds. The maximum absolute atomic E-state index is 11.8. The van der Waals surface area contributed by atoms with Gasteiger partial charge in [-0.2, -0.15) is 0 Å². The van der Waals surface area contributed by atoms with Gasteiger partial charge in [0, 0.05) is 6.54 Å². The van der Waals surface area contributed by atoms with Gasteiger partial charge in [0.25, 0.3) is 5.91 Å². The summed E-state index contributed by atoms with van der Waals surface area (Å²) >= 11 is 0. The molecule has 6 nitrogen and oxygen atoms in total. The number of hydrogen-bond acceptors (Lipinski definition) is 4. The van der Waals surface area contributed by atoms with Crippen molar-refractivity contribution in [1.82, 2.24) is 10.8 Å². The number of aromatic carboxylic acids is 1. The number of nitrogens with one attached hydrogen (secondary N) is 2. The molecule has 0 unspecified atom stereocenters. The first-order valence-electron chi connectivity index (χ1n) is 7.13. The van der Waals surface area contributed by atoms with Crippen LogP contribution >= 0.6 is 0 Å². The van der Waals surface area contributed by atoms with Gasteiger partial charge in [0.2, 0.25) is 0 Å². The Kier molecular flexibility index (Phi) is 5.85. The van der Waals surface area contributed by atoms with Gasteiger partial charge in [-0.3, -0.25) is 10.0 Å². The van der Waals surface area contributed by atoms with Crippen LogP contribution in [0.25, 0.3) is 0 Å². The van der Waals surface area contributed by atoms with Gasteiger partial charge >= 0.3 is 5.97 Å². The highest BCUT2D eigenvalue weighted by molar-refractivity contribution is 5.87. The van der Waals surface area contributed by atoms with Gasteiger partial charge in [0.15, 0.2) is 0 Å². The minimum Gasteiger partial charge on any atom is -0.478 e. The summed E-state index contributed by atoms with van der Waals surface area (Å²) in [7, 11) is 0. The second-order valence-corrected chi connectivity index (χ2v) is 5.10. The third-order valence-electron chi connectivity index (χ3n) is 3.44. The molecule has 23 heavy (non-hydrogen) atoms. The van der Waals surface area contributed by atoms with Crippen molar-refractivity contribution in [3.05, 3.63) is 71.3 Å². The third kappa shape index (κ3) is 4.91. The summed E-state index contributed by atoms with van der Waals surface area (Å²) in [5.74, 6) is -1.54. The zero-order chi connectivity index (χ0) is 16.7. The van der Waals surface area contributed by atoms with Crippen molar-refractivity contribution in [2.75, 3.05) is 0 Å². The van der Waals surface area contributed by atoms with Crippen LogP contribution in [0.1, 0.15) is 21.5 Å². The summed E-state index contributed by atoms with van der Waals surface area (Å²) in [6, 6.07) is 15.3. The average molecular weight is 314 g/mol. The van der Waals surface area contributed by atoms with E-state index < -0.39 is 17.9 Å². The highest BCUT2D eigenvalue weighted by Gasteiger charge is 2.18. The number of benzene rings is 2. The molecular formula is C17H18N2O4. The number of carbonyl (C=O) groups excluding carboxylic acids is 1. The molecule has 0 spiro atoms. The predicted molar refractivity (Wildman–Crippen MR) is 84.1 cm³/mol. The summed E-state index contributed by atoms with van der Waals surface area (Å²) in [5.41, 5.74) is 3.54. The topological polar surface area (TPSA) is 98.7 Å². The van der Waals surface area contributed by atoms with Crippen molar-refractivity contribution in [3.63, 3.8) is 0 Å². The molecule has 1 atom stereocenters. The van der Waals surface area contributed by atoms with Gasteiger partial charge in [-0.1, -0.05) is 42.5 Å². The number of hydrogen-bond donors (Lipinski definition) is 4. The molecular weight excluding hydrogens is 296 g/mol. The lowest BCUT2D eigenvalue weighted by Crippen LogP contribution is -2.44. The molecule has 0 aliphatic heterocycles. The molecule has 0 aliphatic rings. The lowest BCUT2D eigenvalue weighted by Gasteiger charge is -2.17. The van der Waals surface area contributed by atoms with E-state index >= 15 is 0 Å². The Hall–Kier alpha value is -2.70. The van der Waals surface area contributed by atoms with E-state index in [0.717, 1.165) is 11.1 Å². The fourth-order valence-corrected chi connectivity index (χ4v) is 2.24. The monoisotopic (exact) mass is 314 g/mol. The van der Waals surface area contributed by atoms with Crippen LogP contribution < -0.4 is 10.8 Å². The standard InChI is InChI=1S/C17H18N2O4/c20-16(19-23)15(10-12-5-2-1-3-6-12)18-11-13-7-4-8-14(9-13)17(21)22/h1-9,15,18,23H,10-11H2,(H,19,20)(H,21,22)/t15-/m1/s1. The molecule has 2 rings (SSSR count). The SMILES string of the molecule is O=C(O)c1cccc(CN[C@H](Cc2ccccc2)C(=O)NO)c1. The van der Waals surface area contributed by atoms with E-state index in [9.17, 15) is 9.59 Å². The lowest BCUT2D eigenvalue weighted by molar-refractivity contribution is -0.131. The molecule has 0 saturated carbocycles. The van der Waals surface area contributed by atoms with E-state index in [1.165, 1.54) is 6.07 Å². The Morgan fingerprint density at radius 2 is 1.70 bits per heavy atom. The van der Waals surface area contributed by atoms with Gasteiger partial charge in [0.1, 0.15) is 0 Å². The zero-order valence-corrected chi connectivity index (χ0v) is 12.4. The predicted octanol–water partition coefficient (Wildman–Crippen LogP) is 1.59. The largest absolute Gasteiger partial charge is 0.478 e. The van der Waals surface area contributed by atoms with E-state index in [-0.39, 0.29) is 5.56 Å². The van der Waals surface area contributed by atoms with Crippen LogP contribution in [0.3, 0.4) is 0 Å². The third-order valence-corrected chi connectivity index (χ3v) is 3.44. The average Bonchev–Trinajstić information content (AvgIpc) is 2.59. The first-order chi connectivity index (χ1) is 11.1. The van der Waals surface area contributed by atoms with E-state index in [0.29, 0.717) is 13.0 Å². The van der Waals surface area contributed by atoms with Crippen LogP contribution in [0.2, 0.25) is 0 Å². The number of carbonyl (C=O) groups is 2. The van der Waals surface area contributed by atoms with Gasteiger partial charge in [0.05, 0.1) is 11.6 Å². The molecule has 0 heterocycles. The Bertz CT molecular complexity index is 673. The van der Waals surface area contributed by atoms with Gasteiger partial charge in [-0.15, -0.1) is 0 Å². The molecule has 0 aliphatic carbocycles. The number of rotatable bonds is 7. The van der Waals surface area contributed by atoms with Crippen molar-refractivity contribution < 1.29 is 19.9 Å². The summed E-state index contributed by atoms with van der Waals surface area (Å²) < 4.78 is 0. The Morgan fingerprint density at radius 3 is 2.35 bits per heavy atom. The smallest absolute Gasteiger partial charge is 0.335 e. The number of hydroxylamine groups is 1. The Balaban J connectivity index is 2.05. The van der Waals surface area contributed by atoms with Crippen LogP contribution in [0, 0.1) is 0 Å². The van der Waals surface area contributed by atoms with Gasteiger partial charge < -0.3 is 10.4 Å². The number of amides is 1.